The van der Waals surface area contributed by atoms with E-state index in [1.165, 1.54) is 27.9 Å². The maximum atomic E-state index is 8.22. The second kappa shape index (κ2) is 19.2. The molecule has 0 amide bonds. The number of hydrogen-bond acceptors (Lipinski definition) is 2. The molecule has 12 rings (SSSR count). The van der Waals surface area contributed by atoms with E-state index in [2.05, 4.69) is 168 Å². The zero-order valence-corrected chi connectivity index (χ0v) is 43.8. The van der Waals surface area contributed by atoms with Gasteiger partial charge in [-0.25, -0.2) is 0 Å². The van der Waals surface area contributed by atoms with Crippen LogP contribution in [0.1, 0.15) is 111 Å². The summed E-state index contributed by atoms with van der Waals surface area (Å²) >= 11 is 0. The summed E-state index contributed by atoms with van der Waals surface area (Å²) in [6.07, 6.45) is 0. The van der Waals surface area contributed by atoms with Gasteiger partial charge in [0.15, 0.2) is 0 Å². The SMILES string of the molecule is CC(C)c1cccc(C(C)C)c1-n1c(-c2[c-]cccc2)nc2ccccc21.[2H]C([2H])([2H])c1cc2cc3oc4c(-c5[n-]c6ccccc6[n+]5-c5c(C(C)C)cccc5C(C)C)[c-]ccc4c3cc2c2ccccc12.[Ir+3]. The van der Waals surface area contributed by atoms with Crippen LogP contribution in [-0.4, -0.2) is 9.55 Å². The van der Waals surface area contributed by atoms with Gasteiger partial charge in [-0.2, -0.15) is 0 Å². The number of fused-ring (bicyclic) bond motifs is 8. The summed E-state index contributed by atoms with van der Waals surface area (Å²) < 4.78 is 36.0. The normalized spacial score (nSPS) is 12.6. The monoisotopic (exact) mass is 1110 g/mol. The molecule has 0 saturated carbocycles. The second-order valence-corrected chi connectivity index (χ2v) is 19.7. The molecule has 0 radical (unpaired) electrons. The molecule has 5 nitrogen and oxygen atoms in total. The molecule has 12 aromatic rings. The summed E-state index contributed by atoms with van der Waals surface area (Å²) in [7, 11) is 0. The van der Waals surface area contributed by atoms with E-state index in [-0.39, 0.29) is 20.1 Å². The topological polar surface area (TPSA) is 48.9 Å². The molecule has 3 heterocycles. The summed E-state index contributed by atoms with van der Waals surface area (Å²) in [5.41, 5.74) is 15.3. The van der Waals surface area contributed by atoms with Crippen molar-refractivity contribution in [2.75, 3.05) is 0 Å². The standard InChI is InChI=1S/C40H33N2O.C25H25N2.Ir/c1-23(2)27-14-10-15-28(24(3)4)38(27)42-36-19-9-8-18-35(36)41-40(42)32-17-11-16-31-34-22-33-26(21-37(34)43-39(31)32)20-25(5)29-12-6-7-13-30(29)33;1-17(2)20-13-10-14-21(18(3)4)24(20)27-23-16-9-8-15-22(23)26-25(27)19-11-6-5-7-12-19;/h6-16,18-24H,1-5H3;5-11,13-18H,1-4H3;/q2*-1;+3/i5D3;;. The molecule has 0 bridgehead atoms. The average molecular weight is 1110 g/mol. The number of imidazole rings is 2. The summed E-state index contributed by atoms with van der Waals surface area (Å²) in [5.74, 6) is 3.18. The number of para-hydroxylation sites is 6. The summed E-state index contributed by atoms with van der Waals surface area (Å²) in [5, 5.41) is 5.43. The molecular weight excluding hydrogens is 1040 g/mol. The fourth-order valence-electron chi connectivity index (χ4n) is 10.4. The summed E-state index contributed by atoms with van der Waals surface area (Å²) in [4.78, 5) is 10.2. The number of aryl methyl sites for hydroxylation is 1. The van der Waals surface area contributed by atoms with Crippen molar-refractivity contribution in [2.45, 2.75) is 85.9 Å². The Balaban J connectivity index is 0.000000191. The van der Waals surface area contributed by atoms with Gasteiger partial charge in [-0.3, -0.25) is 9.97 Å². The van der Waals surface area contributed by atoms with Gasteiger partial charge in [0.05, 0.1) is 39.3 Å². The third kappa shape index (κ3) is 8.27. The molecule has 0 N–H and O–H groups in total. The first-order chi connectivity index (χ1) is 35.2. The predicted octanol–water partition coefficient (Wildman–Crippen LogP) is 17.0. The van der Waals surface area contributed by atoms with E-state index >= 15 is 0 Å². The Kier molecular flexibility index (Phi) is 11.9. The van der Waals surface area contributed by atoms with E-state index < -0.39 is 6.85 Å². The minimum absolute atomic E-state index is 0. The number of hydrogen-bond donors (Lipinski definition) is 0. The fraction of sp³-hybridized carbons (Fsp3) is 0.200. The van der Waals surface area contributed by atoms with Gasteiger partial charge >= 0.3 is 20.1 Å². The van der Waals surface area contributed by atoms with Crippen LogP contribution < -0.4 is 9.55 Å². The zero-order valence-electron chi connectivity index (χ0n) is 44.4. The van der Waals surface area contributed by atoms with Crippen molar-refractivity contribution in [3.05, 3.63) is 204 Å². The Labute approximate surface area is 434 Å². The zero-order chi connectivity index (χ0) is 50.9. The van der Waals surface area contributed by atoms with E-state index in [4.69, 9.17) is 18.5 Å². The largest absolute Gasteiger partial charge is 3.00 e. The van der Waals surface area contributed by atoms with Crippen LogP contribution in [0, 0.1) is 19.0 Å². The number of furan rings is 1. The molecule has 0 aliphatic heterocycles. The van der Waals surface area contributed by atoms with Crippen LogP contribution in [0.4, 0.5) is 0 Å². The first-order valence-electron chi connectivity index (χ1n) is 26.1. The molecule has 0 spiro atoms. The van der Waals surface area contributed by atoms with Crippen molar-refractivity contribution >= 4 is 65.6 Å². The maximum Gasteiger partial charge on any atom is 3.00 e. The van der Waals surface area contributed by atoms with Gasteiger partial charge in [0.2, 0.25) is 0 Å². The van der Waals surface area contributed by atoms with Gasteiger partial charge in [0.25, 0.3) is 0 Å². The van der Waals surface area contributed by atoms with Gasteiger partial charge in [-0.15, -0.1) is 54.1 Å². The van der Waals surface area contributed by atoms with Gasteiger partial charge in [0, 0.05) is 20.9 Å². The van der Waals surface area contributed by atoms with E-state index in [0.29, 0.717) is 40.4 Å². The molecule has 352 valence electrons. The maximum absolute atomic E-state index is 8.22. The minimum Gasteiger partial charge on any atom is -0.501 e. The van der Waals surface area contributed by atoms with E-state index in [1.54, 1.807) is 6.07 Å². The van der Waals surface area contributed by atoms with Crippen molar-refractivity contribution in [2.24, 2.45) is 0 Å². The van der Waals surface area contributed by atoms with Gasteiger partial charge < -0.3 is 13.6 Å². The Morgan fingerprint density at radius 1 is 0.592 bits per heavy atom. The first-order valence-corrected chi connectivity index (χ1v) is 24.6. The fourth-order valence-corrected chi connectivity index (χ4v) is 10.4. The van der Waals surface area contributed by atoms with E-state index in [0.717, 1.165) is 82.8 Å². The minimum atomic E-state index is -2.24. The molecule has 71 heavy (non-hydrogen) atoms. The molecule has 0 aliphatic carbocycles. The molecule has 3 aromatic heterocycles. The quantitative estimate of drug-likeness (QED) is 0.0865. The van der Waals surface area contributed by atoms with Crippen molar-refractivity contribution < 1.29 is 33.2 Å². The molecule has 6 heteroatoms. The van der Waals surface area contributed by atoms with Crippen molar-refractivity contribution in [1.82, 2.24) is 14.5 Å². The third-order valence-corrected chi connectivity index (χ3v) is 13.8. The number of aromatic nitrogens is 4. The van der Waals surface area contributed by atoms with Crippen LogP contribution >= 0.6 is 0 Å². The first kappa shape index (κ1) is 43.9. The Morgan fingerprint density at radius 3 is 1.93 bits per heavy atom. The van der Waals surface area contributed by atoms with Crippen LogP contribution in [0.2, 0.25) is 0 Å². The Bertz CT molecular complexity index is 3990. The van der Waals surface area contributed by atoms with Crippen LogP contribution in [0.25, 0.3) is 99.7 Å². The summed E-state index contributed by atoms with van der Waals surface area (Å²) in [6, 6.07) is 62.6. The average Bonchev–Trinajstić information content (AvgIpc) is 4.09. The molecule has 0 atom stereocenters. The summed E-state index contributed by atoms with van der Waals surface area (Å²) in [6.45, 7) is 15.7. The van der Waals surface area contributed by atoms with Crippen LogP contribution in [0.3, 0.4) is 0 Å². The Morgan fingerprint density at radius 2 is 1.24 bits per heavy atom. The van der Waals surface area contributed by atoms with Crippen molar-refractivity contribution in [1.29, 1.82) is 0 Å². The van der Waals surface area contributed by atoms with Crippen molar-refractivity contribution in [3.63, 3.8) is 0 Å². The molecular formula is C65H58IrN4O+. The molecule has 0 saturated heterocycles. The number of rotatable bonds is 8. The molecule has 0 fully saturated rings. The number of nitrogens with zero attached hydrogens (tertiary/aromatic N) is 4. The van der Waals surface area contributed by atoms with Crippen molar-refractivity contribution in [3.8, 4) is 34.2 Å². The van der Waals surface area contributed by atoms with Crippen LogP contribution in [0.5, 0.6) is 0 Å². The van der Waals surface area contributed by atoms with Crippen LogP contribution in [-0.2, 0) is 20.1 Å². The predicted molar refractivity (Wildman–Crippen MR) is 292 cm³/mol. The molecule has 0 aliphatic rings. The van der Waals surface area contributed by atoms with Crippen LogP contribution in [0.15, 0.2) is 168 Å². The third-order valence-electron chi connectivity index (χ3n) is 13.8. The van der Waals surface area contributed by atoms with E-state index in [1.807, 2.05) is 66.7 Å². The van der Waals surface area contributed by atoms with Gasteiger partial charge in [-0.05, 0) is 116 Å². The Hall–Kier alpha value is -7.11. The second-order valence-electron chi connectivity index (χ2n) is 19.7. The number of benzene rings is 9. The van der Waals surface area contributed by atoms with Gasteiger partial charge in [0.1, 0.15) is 5.58 Å². The molecule has 9 aromatic carbocycles. The van der Waals surface area contributed by atoms with E-state index in [9.17, 15) is 0 Å². The smallest absolute Gasteiger partial charge is 0.501 e. The molecule has 0 unspecified atom stereocenters. The van der Waals surface area contributed by atoms with Gasteiger partial charge in [-0.1, -0.05) is 157 Å².